The second kappa shape index (κ2) is 6.30. The molecule has 0 nitrogen and oxygen atoms in total. The average molecular weight is 187 g/mol. The molecule has 0 aliphatic rings. The first-order valence-electron chi connectivity index (χ1n) is 3.50. The van der Waals surface area contributed by atoms with Gasteiger partial charge in [0.05, 0.1) is 0 Å². The highest BCUT2D eigenvalue weighted by Crippen LogP contribution is 2.28. The summed E-state index contributed by atoms with van der Waals surface area (Å²) in [6.45, 7) is 11.4. The van der Waals surface area contributed by atoms with Crippen molar-refractivity contribution in [2.24, 2.45) is 11.3 Å². The van der Waals surface area contributed by atoms with Gasteiger partial charge >= 0.3 is 0 Å². The zero-order chi connectivity index (χ0) is 6.78. The summed E-state index contributed by atoms with van der Waals surface area (Å²) in [7, 11) is 0. The van der Waals surface area contributed by atoms with E-state index in [-0.39, 0.29) is 24.8 Å². The van der Waals surface area contributed by atoms with Crippen LogP contribution in [0.3, 0.4) is 0 Å². The highest BCUT2D eigenvalue weighted by molar-refractivity contribution is 5.85. The summed E-state index contributed by atoms with van der Waals surface area (Å²) in [5, 5.41) is 0. The fourth-order valence-corrected chi connectivity index (χ4v) is 0.408. The van der Waals surface area contributed by atoms with E-state index < -0.39 is 0 Å². The molecule has 0 N–H and O–H groups in total. The van der Waals surface area contributed by atoms with E-state index in [9.17, 15) is 0 Å². The van der Waals surface area contributed by atoms with Gasteiger partial charge in [-0.3, -0.25) is 0 Å². The van der Waals surface area contributed by atoms with Gasteiger partial charge in [-0.15, -0.1) is 24.8 Å². The van der Waals surface area contributed by atoms with Crippen LogP contribution >= 0.6 is 24.8 Å². The minimum absolute atomic E-state index is 0. The Hall–Kier alpha value is 0.580. The first-order chi connectivity index (χ1) is 3.50. The second-order valence-electron chi connectivity index (χ2n) is 3.50. The molecule has 0 aromatic rings. The molecule has 0 spiro atoms. The first kappa shape index (κ1) is 16.9. The maximum Gasteiger partial charge on any atom is -0.0334 e. The largest absolute Gasteiger partial charge is 0.147 e. The third-order valence-corrected chi connectivity index (χ3v) is 2.47. The van der Waals surface area contributed by atoms with Gasteiger partial charge in [0.1, 0.15) is 0 Å². The summed E-state index contributed by atoms with van der Waals surface area (Å²) in [4.78, 5) is 0. The van der Waals surface area contributed by atoms with Crippen LogP contribution in [0.15, 0.2) is 0 Å². The van der Waals surface area contributed by atoms with Crippen LogP contribution < -0.4 is 0 Å². The summed E-state index contributed by atoms with van der Waals surface area (Å²) in [5.74, 6) is 0.812. The standard InChI is InChI=1S/C8H18.2ClH/c1-6-8(4,5)7(2)3;;/h7H,6H2,1-5H3;2*1H. The van der Waals surface area contributed by atoms with Gasteiger partial charge in [0.15, 0.2) is 0 Å². The Morgan fingerprint density at radius 1 is 1.10 bits per heavy atom. The van der Waals surface area contributed by atoms with E-state index >= 15 is 0 Å². The van der Waals surface area contributed by atoms with Gasteiger partial charge in [-0.2, -0.15) is 0 Å². The molecule has 0 saturated heterocycles. The Morgan fingerprint density at radius 2 is 1.40 bits per heavy atom. The fraction of sp³-hybridized carbons (Fsp3) is 1.00. The van der Waals surface area contributed by atoms with Crippen LogP contribution in [0.2, 0.25) is 0 Å². The van der Waals surface area contributed by atoms with Crippen LogP contribution in [-0.2, 0) is 0 Å². The Kier molecular flexibility index (Phi) is 10.6. The lowest BCUT2D eigenvalue weighted by molar-refractivity contribution is 0.240. The smallest absolute Gasteiger partial charge is 0.0334 e. The Labute approximate surface area is 77.6 Å². The minimum atomic E-state index is 0. The van der Waals surface area contributed by atoms with Crippen molar-refractivity contribution in [2.45, 2.75) is 41.0 Å². The van der Waals surface area contributed by atoms with Gasteiger partial charge in [-0.1, -0.05) is 41.0 Å². The summed E-state index contributed by atoms with van der Waals surface area (Å²) < 4.78 is 0. The Morgan fingerprint density at radius 3 is 1.40 bits per heavy atom. The SMILES string of the molecule is CCC(C)(C)C(C)C.Cl.Cl. The van der Waals surface area contributed by atoms with Crippen molar-refractivity contribution in [3.63, 3.8) is 0 Å². The lowest BCUT2D eigenvalue weighted by Crippen LogP contribution is -2.17. The fourth-order valence-electron chi connectivity index (χ4n) is 0.408. The van der Waals surface area contributed by atoms with Gasteiger partial charge in [-0.05, 0) is 11.3 Å². The number of rotatable bonds is 2. The molecule has 0 heterocycles. The van der Waals surface area contributed by atoms with Gasteiger partial charge in [0, 0.05) is 0 Å². The normalized spacial score (nSPS) is 10.2. The molecule has 0 aromatic heterocycles. The van der Waals surface area contributed by atoms with Crippen molar-refractivity contribution in [1.29, 1.82) is 0 Å². The molecule has 0 unspecified atom stereocenters. The lowest BCUT2D eigenvalue weighted by atomic mass is 9.79. The van der Waals surface area contributed by atoms with Crippen molar-refractivity contribution < 1.29 is 0 Å². The maximum atomic E-state index is 2.32. The molecule has 0 saturated carbocycles. The topological polar surface area (TPSA) is 0 Å². The average Bonchev–Trinajstić information content (AvgIpc) is 1.67. The van der Waals surface area contributed by atoms with Crippen LogP contribution in [0.1, 0.15) is 41.0 Å². The number of hydrogen-bond donors (Lipinski definition) is 0. The molecule has 0 fully saturated rings. The van der Waals surface area contributed by atoms with Crippen LogP contribution in [0.5, 0.6) is 0 Å². The van der Waals surface area contributed by atoms with Gasteiger partial charge in [-0.25, -0.2) is 0 Å². The van der Waals surface area contributed by atoms with Gasteiger partial charge in [0.2, 0.25) is 0 Å². The second-order valence-corrected chi connectivity index (χ2v) is 3.50. The summed E-state index contributed by atoms with van der Waals surface area (Å²) >= 11 is 0. The maximum absolute atomic E-state index is 2.32. The molecule has 66 valence electrons. The monoisotopic (exact) mass is 186 g/mol. The summed E-state index contributed by atoms with van der Waals surface area (Å²) in [6, 6.07) is 0. The molecular formula is C8H20Cl2. The Bertz CT molecular complexity index is 67.7. The molecule has 0 radical (unpaired) electrons. The van der Waals surface area contributed by atoms with E-state index in [1.165, 1.54) is 6.42 Å². The molecular weight excluding hydrogens is 167 g/mol. The summed E-state index contributed by atoms with van der Waals surface area (Å²) in [5.41, 5.74) is 0.542. The van der Waals surface area contributed by atoms with E-state index in [1.807, 2.05) is 0 Å². The van der Waals surface area contributed by atoms with Crippen LogP contribution in [-0.4, -0.2) is 0 Å². The number of halogens is 2. The lowest BCUT2D eigenvalue weighted by Gasteiger charge is -2.27. The molecule has 0 aliphatic carbocycles. The highest BCUT2D eigenvalue weighted by atomic mass is 35.5. The van der Waals surface area contributed by atoms with Crippen LogP contribution in [0.4, 0.5) is 0 Å². The summed E-state index contributed by atoms with van der Waals surface area (Å²) in [6.07, 6.45) is 1.28. The number of hydrogen-bond acceptors (Lipinski definition) is 0. The van der Waals surface area contributed by atoms with Crippen molar-refractivity contribution in [1.82, 2.24) is 0 Å². The van der Waals surface area contributed by atoms with Gasteiger partial charge in [0.25, 0.3) is 0 Å². The zero-order valence-electron chi connectivity index (χ0n) is 7.60. The molecule has 0 bridgehead atoms. The quantitative estimate of drug-likeness (QED) is 0.614. The zero-order valence-corrected chi connectivity index (χ0v) is 9.23. The van der Waals surface area contributed by atoms with Crippen LogP contribution in [0, 0.1) is 11.3 Å². The van der Waals surface area contributed by atoms with E-state index in [0.717, 1.165) is 5.92 Å². The molecule has 0 rings (SSSR count). The van der Waals surface area contributed by atoms with Crippen molar-refractivity contribution in [2.75, 3.05) is 0 Å². The molecule has 10 heavy (non-hydrogen) atoms. The molecule has 2 heteroatoms. The van der Waals surface area contributed by atoms with Crippen molar-refractivity contribution in [3.8, 4) is 0 Å². The third kappa shape index (κ3) is 5.37. The van der Waals surface area contributed by atoms with Gasteiger partial charge < -0.3 is 0 Å². The third-order valence-electron chi connectivity index (χ3n) is 2.47. The molecule has 0 aromatic carbocycles. The molecule has 0 aliphatic heterocycles. The first-order valence-corrected chi connectivity index (χ1v) is 3.50. The van der Waals surface area contributed by atoms with E-state index in [1.54, 1.807) is 0 Å². The highest BCUT2D eigenvalue weighted by Gasteiger charge is 2.18. The predicted molar refractivity (Wildman–Crippen MR) is 53.4 cm³/mol. The van der Waals surface area contributed by atoms with Crippen molar-refractivity contribution in [3.05, 3.63) is 0 Å². The minimum Gasteiger partial charge on any atom is -0.147 e. The van der Waals surface area contributed by atoms with E-state index in [4.69, 9.17) is 0 Å². The predicted octanol–water partition coefficient (Wildman–Crippen LogP) is 3.92. The van der Waals surface area contributed by atoms with Crippen molar-refractivity contribution >= 4 is 24.8 Å². The van der Waals surface area contributed by atoms with E-state index in [0.29, 0.717) is 5.41 Å². The Balaban J connectivity index is -0.000000245. The molecule has 0 atom stereocenters. The van der Waals surface area contributed by atoms with E-state index in [2.05, 4.69) is 34.6 Å². The van der Waals surface area contributed by atoms with Crippen LogP contribution in [0.25, 0.3) is 0 Å². The molecule has 0 amide bonds.